The molecule has 1 heterocycles. The SMILES string of the molecule is Cc1c(C(=O)c2ccccc2)cccc1N1CCCC1. The highest BCUT2D eigenvalue weighted by molar-refractivity contribution is 6.10. The van der Waals surface area contributed by atoms with Crippen LogP contribution in [-0.4, -0.2) is 18.9 Å². The lowest BCUT2D eigenvalue weighted by molar-refractivity contribution is 0.103. The van der Waals surface area contributed by atoms with Crippen molar-refractivity contribution >= 4 is 11.5 Å². The number of hydrogen-bond donors (Lipinski definition) is 0. The molecule has 20 heavy (non-hydrogen) atoms. The summed E-state index contributed by atoms with van der Waals surface area (Å²) in [6.07, 6.45) is 2.49. The van der Waals surface area contributed by atoms with Gasteiger partial charge in [0.1, 0.15) is 0 Å². The summed E-state index contributed by atoms with van der Waals surface area (Å²) in [7, 11) is 0. The van der Waals surface area contributed by atoms with E-state index in [1.807, 2.05) is 42.5 Å². The zero-order valence-electron chi connectivity index (χ0n) is 11.8. The highest BCUT2D eigenvalue weighted by Gasteiger charge is 2.18. The molecule has 0 N–H and O–H groups in total. The van der Waals surface area contributed by atoms with E-state index in [-0.39, 0.29) is 5.78 Å². The Balaban J connectivity index is 1.98. The van der Waals surface area contributed by atoms with E-state index in [9.17, 15) is 4.79 Å². The van der Waals surface area contributed by atoms with Gasteiger partial charge in [0.05, 0.1) is 0 Å². The Morgan fingerprint density at radius 3 is 2.35 bits per heavy atom. The topological polar surface area (TPSA) is 20.3 Å². The molecule has 0 amide bonds. The van der Waals surface area contributed by atoms with Gasteiger partial charge in [-0.2, -0.15) is 0 Å². The van der Waals surface area contributed by atoms with Crippen LogP contribution >= 0.6 is 0 Å². The number of hydrogen-bond acceptors (Lipinski definition) is 2. The first-order chi connectivity index (χ1) is 9.77. The fourth-order valence-electron chi connectivity index (χ4n) is 2.92. The predicted octanol–water partition coefficient (Wildman–Crippen LogP) is 3.83. The maximum absolute atomic E-state index is 12.6. The lowest BCUT2D eigenvalue weighted by Crippen LogP contribution is -2.19. The van der Waals surface area contributed by atoms with Gasteiger partial charge in [-0.15, -0.1) is 0 Å². The van der Waals surface area contributed by atoms with E-state index in [0.717, 1.165) is 29.8 Å². The average Bonchev–Trinajstić information content (AvgIpc) is 3.02. The van der Waals surface area contributed by atoms with E-state index in [4.69, 9.17) is 0 Å². The first kappa shape index (κ1) is 12.9. The molecule has 1 aliphatic heterocycles. The van der Waals surface area contributed by atoms with Crippen LogP contribution in [0.25, 0.3) is 0 Å². The molecule has 0 unspecified atom stereocenters. The molecule has 2 heteroatoms. The van der Waals surface area contributed by atoms with Crippen molar-refractivity contribution in [2.45, 2.75) is 19.8 Å². The Labute approximate surface area is 120 Å². The molecule has 0 aromatic heterocycles. The second-order valence-electron chi connectivity index (χ2n) is 5.34. The van der Waals surface area contributed by atoms with Crippen molar-refractivity contribution in [1.29, 1.82) is 0 Å². The molecule has 0 saturated carbocycles. The Hall–Kier alpha value is -2.09. The lowest BCUT2D eigenvalue weighted by Gasteiger charge is -2.21. The molecule has 1 aliphatic rings. The van der Waals surface area contributed by atoms with Crippen molar-refractivity contribution in [2.24, 2.45) is 0 Å². The van der Waals surface area contributed by atoms with Crippen LogP contribution in [0.2, 0.25) is 0 Å². The van der Waals surface area contributed by atoms with Crippen LogP contribution < -0.4 is 4.90 Å². The Bertz CT molecular complexity index is 613. The molecule has 102 valence electrons. The molecular weight excluding hydrogens is 246 g/mol. The number of carbonyl (C=O) groups excluding carboxylic acids is 1. The molecule has 2 aromatic rings. The summed E-state index contributed by atoms with van der Waals surface area (Å²) >= 11 is 0. The van der Waals surface area contributed by atoms with Crippen LogP contribution in [0.4, 0.5) is 5.69 Å². The molecule has 2 aromatic carbocycles. The van der Waals surface area contributed by atoms with E-state index in [2.05, 4.69) is 17.9 Å². The summed E-state index contributed by atoms with van der Waals surface area (Å²) in [5.41, 5.74) is 3.89. The molecule has 0 bridgehead atoms. The van der Waals surface area contributed by atoms with E-state index < -0.39 is 0 Å². The van der Waals surface area contributed by atoms with Crippen molar-refractivity contribution in [3.05, 3.63) is 65.2 Å². The van der Waals surface area contributed by atoms with E-state index >= 15 is 0 Å². The van der Waals surface area contributed by atoms with Gasteiger partial charge in [-0.3, -0.25) is 4.79 Å². The second-order valence-corrected chi connectivity index (χ2v) is 5.34. The number of ketones is 1. The highest BCUT2D eigenvalue weighted by Crippen LogP contribution is 2.27. The predicted molar refractivity (Wildman–Crippen MR) is 82.5 cm³/mol. The molecular formula is C18H19NO. The van der Waals surface area contributed by atoms with Crippen molar-refractivity contribution in [2.75, 3.05) is 18.0 Å². The fraction of sp³-hybridized carbons (Fsp3) is 0.278. The summed E-state index contributed by atoms with van der Waals surface area (Å²) in [5.74, 6) is 0.115. The van der Waals surface area contributed by atoms with E-state index in [0.29, 0.717) is 0 Å². The van der Waals surface area contributed by atoms with E-state index in [1.54, 1.807) is 0 Å². The number of benzene rings is 2. The zero-order valence-corrected chi connectivity index (χ0v) is 11.8. The third kappa shape index (κ3) is 2.34. The maximum Gasteiger partial charge on any atom is 0.193 e. The minimum atomic E-state index is 0.115. The second kappa shape index (κ2) is 5.49. The third-order valence-electron chi connectivity index (χ3n) is 4.03. The van der Waals surface area contributed by atoms with Gasteiger partial charge in [0.2, 0.25) is 0 Å². The number of nitrogens with zero attached hydrogens (tertiary/aromatic N) is 1. The first-order valence-electron chi connectivity index (χ1n) is 7.21. The molecule has 1 saturated heterocycles. The van der Waals surface area contributed by atoms with Gasteiger partial charge in [0, 0.05) is 29.9 Å². The summed E-state index contributed by atoms with van der Waals surface area (Å²) < 4.78 is 0. The maximum atomic E-state index is 12.6. The van der Waals surface area contributed by atoms with Crippen molar-refractivity contribution in [3.63, 3.8) is 0 Å². The fourth-order valence-corrected chi connectivity index (χ4v) is 2.92. The first-order valence-corrected chi connectivity index (χ1v) is 7.21. The summed E-state index contributed by atoms with van der Waals surface area (Å²) in [6, 6.07) is 15.6. The average molecular weight is 265 g/mol. The normalized spacial score (nSPS) is 14.6. The smallest absolute Gasteiger partial charge is 0.193 e. The highest BCUT2D eigenvalue weighted by atomic mass is 16.1. The zero-order chi connectivity index (χ0) is 13.9. The Kier molecular flexibility index (Phi) is 3.55. The van der Waals surface area contributed by atoms with Gasteiger partial charge in [-0.1, -0.05) is 42.5 Å². The molecule has 3 rings (SSSR count). The van der Waals surface area contributed by atoms with Crippen LogP contribution in [0.1, 0.15) is 34.3 Å². The standard InChI is InChI=1S/C18H19NO/c1-14-16(18(20)15-8-3-2-4-9-15)10-7-11-17(14)19-12-5-6-13-19/h2-4,7-11H,5-6,12-13H2,1H3. The van der Waals surface area contributed by atoms with Gasteiger partial charge in [0.15, 0.2) is 5.78 Å². The molecule has 2 nitrogen and oxygen atoms in total. The molecule has 0 atom stereocenters. The minimum Gasteiger partial charge on any atom is -0.371 e. The van der Waals surface area contributed by atoms with Gasteiger partial charge >= 0.3 is 0 Å². The molecule has 1 fully saturated rings. The van der Waals surface area contributed by atoms with Gasteiger partial charge in [-0.05, 0) is 31.4 Å². The summed E-state index contributed by atoms with van der Waals surface area (Å²) in [6.45, 7) is 4.26. The van der Waals surface area contributed by atoms with Gasteiger partial charge in [0.25, 0.3) is 0 Å². The Morgan fingerprint density at radius 2 is 1.65 bits per heavy atom. The van der Waals surface area contributed by atoms with Crippen LogP contribution in [0.15, 0.2) is 48.5 Å². The van der Waals surface area contributed by atoms with Gasteiger partial charge < -0.3 is 4.90 Å². The molecule has 0 aliphatic carbocycles. The third-order valence-corrected chi connectivity index (χ3v) is 4.03. The lowest BCUT2D eigenvalue weighted by atomic mass is 9.97. The van der Waals surface area contributed by atoms with Crippen LogP contribution in [0.5, 0.6) is 0 Å². The largest absolute Gasteiger partial charge is 0.371 e. The van der Waals surface area contributed by atoms with Crippen LogP contribution in [-0.2, 0) is 0 Å². The summed E-state index contributed by atoms with van der Waals surface area (Å²) in [5, 5.41) is 0. The molecule has 0 spiro atoms. The monoisotopic (exact) mass is 265 g/mol. The summed E-state index contributed by atoms with van der Waals surface area (Å²) in [4.78, 5) is 15.0. The van der Waals surface area contributed by atoms with Crippen molar-refractivity contribution < 1.29 is 4.79 Å². The van der Waals surface area contributed by atoms with E-state index in [1.165, 1.54) is 18.5 Å². The molecule has 0 radical (unpaired) electrons. The number of anilines is 1. The number of carbonyl (C=O) groups is 1. The van der Waals surface area contributed by atoms with Crippen molar-refractivity contribution in [1.82, 2.24) is 0 Å². The van der Waals surface area contributed by atoms with Gasteiger partial charge in [-0.25, -0.2) is 0 Å². The Morgan fingerprint density at radius 1 is 0.950 bits per heavy atom. The van der Waals surface area contributed by atoms with Crippen molar-refractivity contribution in [3.8, 4) is 0 Å². The minimum absolute atomic E-state index is 0.115. The van der Waals surface area contributed by atoms with Crippen LogP contribution in [0.3, 0.4) is 0 Å². The number of rotatable bonds is 3. The quantitative estimate of drug-likeness (QED) is 0.786. The van der Waals surface area contributed by atoms with Crippen LogP contribution in [0, 0.1) is 6.92 Å².